The Morgan fingerprint density at radius 3 is 2.22 bits per heavy atom. The Hall–Kier alpha value is -3.39. The zero-order chi connectivity index (χ0) is 25.2. The molecule has 0 N–H and O–H groups in total. The van der Waals surface area contributed by atoms with Crippen molar-refractivity contribution in [3.8, 4) is 22.4 Å². The molecule has 2 heteroatoms. The maximum atomic E-state index is 6.74. The zero-order valence-corrected chi connectivity index (χ0v) is 22.4. The molecule has 0 bridgehead atoms. The fourth-order valence-electron chi connectivity index (χ4n) is 7.01. The normalized spacial score (nSPS) is 14.2. The van der Waals surface area contributed by atoms with Crippen molar-refractivity contribution in [2.24, 2.45) is 18.9 Å². The second-order valence-corrected chi connectivity index (χ2v) is 11.7. The number of aromatic nitrogens is 1. The van der Waals surface area contributed by atoms with Crippen molar-refractivity contribution in [2.75, 3.05) is 0 Å². The number of pyridine rings is 1. The van der Waals surface area contributed by atoms with E-state index >= 15 is 0 Å². The van der Waals surface area contributed by atoms with Gasteiger partial charge in [0.25, 0.3) is 0 Å². The molecule has 1 aliphatic rings. The number of hydrogen-bond donors (Lipinski definition) is 0. The Labute approximate surface area is 214 Å². The molecule has 5 aromatic rings. The third-order valence-electron chi connectivity index (χ3n) is 7.95. The van der Waals surface area contributed by atoms with E-state index in [-0.39, 0.29) is 5.41 Å². The summed E-state index contributed by atoms with van der Waals surface area (Å²) in [7, 11) is 2.12. The fraction of sp³-hybridized carbons (Fsp3) is 0.324. The van der Waals surface area contributed by atoms with Gasteiger partial charge in [0.05, 0.1) is 5.56 Å². The molecule has 0 aliphatic heterocycles. The fourth-order valence-corrected chi connectivity index (χ4v) is 7.01. The van der Waals surface area contributed by atoms with Crippen LogP contribution >= 0.6 is 0 Å². The average Bonchev–Trinajstić information content (AvgIpc) is 3.32. The Kier molecular flexibility index (Phi) is 5.33. The monoisotopic (exact) mass is 474 g/mol. The van der Waals surface area contributed by atoms with Crippen molar-refractivity contribution in [1.82, 2.24) is 0 Å². The Balaban J connectivity index is 1.72. The van der Waals surface area contributed by atoms with Crippen LogP contribution in [0.3, 0.4) is 0 Å². The van der Waals surface area contributed by atoms with Crippen LogP contribution in [0.5, 0.6) is 0 Å². The van der Waals surface area contributed by atoms with Crippen LogP contribution in [-0.4, -0.2) is 0 Å². The molecule has 1 aliphatic carbocycles. The van der Waals surface area contributed by atoms with E-state index in [2.05, 4.69) is 119 Å². The van der Waals surface area contributed by atoms with E-state index in [0.717, 1.165) is 29.6 Å². The summed E-state index contributed by atoms with van der Waals surface area (Å²) in [5.41, 5.74) is 11.3. The number of para-hydroxylation sites is 1. The number of nitrogens with zero attached hydrogens (tertiary/aromatic N) is 1. The smallest absolute Gasteiger partial charge is 0.216 e. The first kappa shape index (κ1) is 23.0. The van der Waals surface area contributed by atoms with Crippen LogP contribution in [0.4, 0.5) is 0 Å². The highest BCUT2D eigenvalue weighted by Gasteiger charge is 2.45. The minimum absolute atomic E-state index is 0.0187. The van der Waals surface area contributed by atoms with Gasteiger partial charge in [0, 0.05) is 27.8 Å². The van der Waals surface area contributed by atoms with Gasteiger partial charge in [0.15, 0.2) is 6.20 Å². The molecule has 182 valence electrons. The van der Waals surface area contributed by atoms with Gasteiger partial charge < -0.3 is 4.42 Å². The van der Waals surface area contributed by atoms with Gasteiger partial charge in [0.1, 0.15) is 18.2 Å². The highest BCUT2D eigenvalue weighted by molar-refractivity contribution is 6.13. The molecule has 2 nitrogen and oxygen atoms in total. The van der Waals surface area contributed by atoms with Crippen LogP contribution in [0.2, 0.25) is 0 Å². The number of hydrogen-bond acceptors (Lipinski definition) is 1. The summed E-state index contributed by atoms with van der Waals surface area (Å²) in [5.74, 6) is 1.16. The van der Waals surface area contributed by atoms with Crippen LogP contribution in [0.15, 0.2) is 77.3 Å². The van der Waals surface area contributed by atoms with Gasteiger partial charge >= 0.3 is 0 Å². The highest BCUT2D eigenvalue weighted by Crippen LogP contribution is 2.58. The maximum Gasteiger partial charge on any atom is 0.216 e. The Morgan fingerprint density at radius 1 is 0.778 bits per heavy atom. The molecule has 0 fully saturated rings. The van der Waals surface area contributed by atoms with Gasteiger partial charge in [-0.05, 0) is 72.1 Å². The molecule has 6 rings (SSSR count). The van der Waals surface area contributed by atoms with Crippen molar-refractivity contribution in [3.63, 3.8) is 0 Å². The zero-order valence-electron chi connectivity index (χ0n) is 22.4. The first-order chi connectivity index (χ1) is 17.3. The maximum absolute atomic E-state index is 6.74. The third kappa shape index (κ3) is 3.34. The minimum Gasteiger partial charge on any atom is -0.455 e. The summed E-state index contributed by atoms with van der Waals surface area (Å²) in [6.07, 6.45) is 4.45. The summed E-state index contributed by atoms with van der Waals surface area (Å²) in [6.45, 7) is 11.6. The van der Waals surface area contributed by atoms with E-state index in [0.29, 0.717) is 11.8 Å². The predicted octanol–water partition coefficient (Wildman–Crippen LogP) is 8.74. The summed E-state index contributed by atoms with van der Waals surface area (Å²) in [4.78, 5) is 0. The third-order valence-corrected chi connectivity index (χ3v) is 7.95. The predicted molar refractivity (Wildman–Crippen MR) is 150 cm³/mol. The highest BCUT2D eigenvalue weighted by atomic mass is 16.3. The van der Waals surface area contributed by atoms with Gasteiger partial charge in [-0.1, -0.05) is 70.2 Å². The minimum atomic E-state index is -0.0187. The number of benzene rings is 3. The molecule has 2 heterocycles. The van der Waals surface area contributed by atoms with Crippen LogP contribution in [0.1, 0.15) is 57.2 Å². The largest absolute Gasteiger partial charge is 0.455 e. The van der Waals surface area contributed by atoms with E-state index in [4.69, 9.17) is 4.42 Å². The molecule has 36 heavy (non-hydrogen) atoms. The Morgan fingerprint density at radius 2 is 1.50 bits per heavy atom. The standard InChI is InChI=1S/C34H36NO/c1-21(2)18-34(19-22(3)4)28-13-8-7-10-24(28)25-15-17-30-31(32(25)34)27-12-9-11-26(33(27)36-30)29-16-14-23(5)20-35(29)6/h7-17,20-22H,18-19H2,1-6H3/q+1. The lowest BCUT2D eigenvalue weighted by molar-refractivity contribution is -0.660. The van der Waals surface area contributed by atoms with Crippen LogP contribution < -0.4 is 4.57 Å². The Bertz CT molecular complexity index is 1610. The van der Waals surface area contributed by atoms with Crippen molar-refractivity contribution >= 4 is 21.9 Å². The second kappa shape index (κ2) is 8.34. The molecule has 0 atom stereocenters. The number of furan rings is 1. The molecule has 0 unspecified atom stereocenters. The van der Waals surface area contributed by atoms with Crippen LogP contribution in [-0.2, 0) is 12.5 Å². The molecular weight excluding hydrogens is 438 g/mol. The summed E-state index contributed by atoms with van der Waals surface area (Å²) in [5, 5.41) is 2.53. The van der Waals surface area contributed by atoms with Crippen LogP contribution in [0.25, 0.3) is 44.3 Å². The van der Waals surface area contributed by atoms with E-state index in [1.54, 1.807) is 0 Å². The lowest BCUT2D eigenvalue weighted by atomic mass is 9.67. The van der Waals surface area contributed by atoms with Gasteiger partial charge in [-0.25, -0.2) is 4.57 Å². The molecule has 0 amide bonds. The number of fused-ring (bicyclic) bond motifs is 7. The quantitative estimate of drug-likeness (QED) is 0.233. The van der Waals surface area contributed by atoms with Gasteiger partial charge in [-0.2, -0.15) is 0 Å². The van der Waals surface area contributed by atoms with E-state index in [1.807, 2.05) is 0 Å². The SMILES string of the molecule is Cc1ccc(-c2cccc3c2oc2ccc4c(c23)C(CC(C)C)(CC(C)C)c2ccccc2-4)[n+](C)c1. The van der Waals surface area contributed by atoms with Crippen molar-refractivity contribution in [3.05, 3.63) is 89.6 Å². The van der Waals surface area contributed by atoms with E-state index in [9.17, 15) is 0 Å². The molecule has 0 radical (unpaired) electrons. The molecule has 0 saturated heterocycles. The van der Waals surface area contributed by atoms with Crippen molar-refractivity contribution in [2.45, 2.75) is 52.9 Å². The topological polar surface area (TPSA) is 17.0 Å². The van der Waals surface area contributed by atoms with Gasteiger partial charge in [0.2, 0.25) is 5.69 Å². The average molecular weight is 475 g/mol. The summed E-state index contributed by atoms with van der Waals surface area (Å²) >= 11 is 0. The first-order valence-corrected chi connectivity index (χ1v) is 13.4. The van der Waals surface area contributed by atoms with E-state index in [1.165, 1.54) is 44.3 Å². The second-order valence-electron chi connectivity index (χ2n) is 11.7. The van der Waals surface area contributed by atoms with Crippen molar-refractivity contribution < 1.29 is 8.98 Å². The summed E-state index contributed by atoms with van der Waals surface area (Å²) in [6, 6.07) is 24.7. The first-order valence-electron chi connectivity index (χ1n) is 13.4. The molecule has 0 spiro atoms. The van der Waals surface area contributed by atoms with Crippen LogP contribution in [0, 0.1) is 18.8 Å². The molecule has 2 aromatic heterocycles. The van der Waals surface area contributed by atoms with Gasteiger partial charge in [-0.15, -0.1) is 0 Å². The molecule has 0 saturated carbocycles. The number of aryl methyl sites for hydroxylation is 2. The molecule has 3 aromatic carbocycles. The molecular formula is C34H36NO+. The van der Waals surface area contributed by atoms with Gasteiger partial charge in [-0.3, -0.25) is 0 Å². The lowest BCUT2D eigenvalue weighted by Crippen LogP contribution is -2.30. The number of rotatable bonds is 5. The lowest BCUT2D eigenvalue weighted by Gasteiger charge is -2.36. The summed E-state index contributed by atoms with van der Waals surface area (Å²) < 4.78 is 8.95. The van der Waals surface area contributed by atoms with E-state index < -0.39 is 0 Å². The van der Waals surface area contributed by atoms with Crippen molar-refractivity contribution in [1.29, 1.82) is 0 Å².